The molecular formula is C17H9Cl3F3N3O. The Kier molecular flexibility index (Phi) is 5.02. The van der Waals surface area contributed by atoms with E-state index in [1.54, 1.807) is 6.92 Å². The molecule has 1 unspecified atom stereocenters. The molecule has 0 radical (unpaired) electrons. The van der Waals surface area contributed by atoms with E-state index in [1.165, 1.54) is 12.3 Å². The summed E-state index contributed by atoms with van der Waals surface area (Å²) in [4.78, 5) is 8.84. The molecule has 1 atom stereocenters. The van der Waals surface area contributed by atoms with E-state index >= 15 is 0 Å². The summed E-state index contributed by atoms with van der Waals surface area (Å²) in [6, 6.07) is 5.54. The second-order valence-corrected chi connectivity index (χ2v) is 7.08. The van der Waals surface area contributed by atoms with Crippen molar-refractivity contribution >= 4 is 40.5 Å². The lowest BCUT2D eigenvalue weighted by Crippen LogP contribution is -2.42. The standard InChI is InChI=1S/C17H9Cl3F3N3O/c1-8-2-9(7-25-14(8)6-24)13-5-16(27-26-13,17(21,22)23)10-3-11(18)15(20)12(19)4-10/h2-4,7H,5H2,1H3. The van der Waals surface area contributed by atoms with Crippen molar-refractivity contribution in [2.24, 2.45) is 5.16 Å². The zero-order valence-corrected chi connectivity index (χ0v) is 15.8. The molecule has 27 heavy (non-hydrogen) atoms. The molecule has 10 heteroatoms. The highest BCUT2D eigenvalue weighted by Crippen LogP contribution is 2.50. The molecule has 0 aliphatic carbocycles. The second-order valence-electron chi connectivity index (χ2n) is 5.89. The number of hydrogen-bond donors (Lipinski definition) is 0. The van der Waals surface area contributed by atoms with Gasteiger partial charge < -0.3 is 4.84 Å². The average Bonchev–Trinajstić information content (AvgIpc) is 3.06. The lowest BCUT2D eigenvalue weighted by molar-refractivity contribution is -0.275. The number of halogens is 6. The lowest BCUT2D eigenvalue weighted by Gasteiger charge is -2.29. The van der Waals surface area contributed by atoms with Gasteiger partial charge in [0.1, 0.15) is 11.8 Å². The molecule has 0 saturated heterocycles. The maximum absolute atomic E-state index is 14.0. The molecule has 0 spiro atoms. The fourth-order valence-electron chi connectivity index (χ4n) is 2.70. The molecule has 1 aromatic heterocycles. The van der Waals surface area contributed by atoms with Gasteiger partial charge in [-0.05, 0) is 30.7 Å². The zero-order valence-electron chi connectivity index (χ0n) is 13.5. The van der Waals surface area contributed by atoms with Crippen LogP contribution < -0.4 is 0 Å². The van der Waals surface area contributed by atoms with E-state index in [9.17, 15) is 13.2 Å². The van der Waals surface area contributed by atoms with Crippen LogP contribution in [0.2, 0.25) is 15.1 Å². The van der Waals surface area contributed by atoms with Crippen molar-refractivity contribution in [3.05, 3.63) is 61.8 Å². The summed E-state index contributed by atoms with van der Waals surface area (Å²) < 4.78 is 41.9. The summed E-state index contributed by atoms with van der Waals surface area (Å²) in [5, 5.41) is 12.3. The van der Waals surface area contributed by atoms with Crippen LogP contribution in [0, 0.1) is 18.3 Å². The number of pyridine rings is 1. The monoisotopic (exact) mass is 433 g/mol. The Balaban J connectivity index is 2.06. The van der Waals surface area contributed by atoms with Crippen molar-refractivity contribution in [2.75, 3.05) is 0 Å². The summed E-state index contributed by atoms with van der Waals surface area (Å²) in [6.07, 6.45) is -4.15. The number of nitrogens with zero attached hydrogens (tertiary/aromatic N) is 3. The fraction of sp³-hybridized carbons (Fsp3) is 0.235. The number of aryl methyl sites for hydroxylation is 1. The van der Waals surface area contributed by atoms with Crippen LogP contribution in [0.1, 0.15) is 28.8 Å². The van der Waals surface area contributed by atoms with Gasteiger partial charge in [0.15, 0.2) is 0 Å². The summed E-state index contributed by atoms with van der Waals surface area (Å²) in [7, 11) is 0. The van der Waals surface area contributed by atoms with E-state index in [1.807, 2.05) is 6.07 Å². The largest absolute Gasteiger partial charge is 0.435 e. The Labute approximate surface area is 167 Å². The first-order chi connectivity index (χ1) is 12.6. The van der Waals surface area contributed by atoms with Crippen LogP contribution in [-0.2, 0) is 10.4 Å². The SMILES string of the molecule is Cc1cc(C2=NOC(c3cc(Cl)c(Cl)c(Cl)c3)(C(F)(F)F)C2)cnc1C#N. The van der Waals surface area contributed by atoms with Crippen LogP contribution >= 0.6 is 34.8 Å². The predicted molar refractivity (Wildman–Crippen MR) is 95.1 cm³/mol. The smallest absolute Gasteiger partial charge is 0.374 e. The number of oxime groups is 1. The molecule has 4 nitrogen and oxygen atoms in total. The van der Waals surface area contributed by atoms with E-state index in [0.29, 0.717) is 11.1 Å². The van der Waals surface area contributed by atoms with Crippen LogP contribution in [0.4, 0.5) is 13.2 Å². The maximum Gasteiger partial charge on any atom is 0.435 e. The molecule has 0 bridgehead atoms. The third-order valence-corrected chi connectivity index (χ3v) is 5.35. The zero-order chi connectivity index (χ0) is 20.0. The maximum atomic E-state index is 14.0. The van der Waals surface area contributed by atoms with Crippen molar-refractivity contribution in [2.45, 2.75) is 25.1 Å². The number of alkyl halides is 3. The van der Waals surface area contributed by atoms with Gasteiger partial charge in [0, 0.05) is 17.3 Å². The molecule has 0 saturated carbocycles. The van der Waals surface area contributed by atoms with Crippen LogP contribution in [0.15, 0.2) is 29.6 Å². The molecule has 2 heterocycles. The van der Waals surface area contributed by atoms with Gasteiger partial charge in [-0.2, -0.15) is 18.4 Å². The molecular weight excluding hydrogens is 426 g/mol. The Morgan fingerprint density at radius 3 is 2.33 bits per heavy atom. The second kappa shape index (κ2) is 6.86. The van der Waals surface area contributed by atoms with E-state index in [2.05, 4.69) is 10.1 Å². The molecule has 0 fully saturated rings. The first kappa shape index (κ1) is 19.7. The van der Waals surface area contributed by atoms with Crippen molar-refractivity contribution in [1.29, 1.82) is 5.26 Å². The number of nitriles is 1. The van der Waals surface area contributed by atoms with E-state index in [-0.39, 0.29) is 32.0 Å². The highest BCUT2D eigenvalue weighted by atomic mass is 35.5. The molecule has 1 aliphatic heterocycles. The van der Waals surface area contributed by atoms with Crippen LogP contribution in [-0.4, -0.2) is 16.9 Å². The molecule has 140 valence electrons. The van der Waals surface area contributed by atoms with Gasteiger partial charge in [-0.3, -0.25) is 0 Å². The highest BCUT2D eigenvalue weighted by Gasteiger charge is 2.62. The van der Waals surface area contributed by atoms with Gasteiger partial charge in [-0.15, -0.1) is 0 Å². The Morgan fingerprint density at radius 2 is 1.81 bits per heavy atom. The lowest BCUT2D eigenvalue weighted by atomic mass is 9.86. The Bertz CT molecular complexity index is 978. The van der Waals surface area contributed by atoms with E-state index in [0.717, 1.165) is 12.1 Å². The molecule has 0 N–H and O–H groups in total. The summed E-state index contributed by atoms with van der Waals surface area (Å²) >= 11 is 17.6. The van der Waals surface area contributed by atoms with Gasteiger partial charge in [0.25, 0.3) is 5.60 Å². The Hall–Kier alpha value is -2.01. The van der Waals surface area contributed by atoms with E-state index < -0.39 is 18.2 Å². The minimum absolute atomic E-state index is 0.0367. The summed E-state index contributed by atoms with van der Waals surface area (Å²) in [6.45, 7) is 1.63. The third kappa shape index (κ3) is 3.33. The summed E-state index contributed by atoms with van der Waals surface area (Å²) in [5.41, 5.74) is -2.02. The van der Waals surface area contributed by atoms with Crippen LogP contribution in [0.25, 0.3) is 0 Å². The van der Waals surface area contributed by atoms with Gasteiger partial charge in [0.2, 0.25) is 0 Å². The highest BCUT2D eigenvalue weighted by molar-refractivity contribution is 6.48. The number of benzene rings is 1. The van der Waals surface area contributed by atoms with E-state index in [4.69, 9.17) is 44.9 Å². The Morgan fingerprint density at radius 1 is 1.19 bits per heavy atom. The molecule has 2 aromatic rings. The fourth-order valence-corrected chi connectivity index (χ4v) is 3.29. The summed E-state index contributed by atoms with van der Waals surface area (Å²) in [5.74, 6) is 0. The number of rotatable bonds is 2. The van der Waals surface area contributed by atoms with Crippen molar-refractivity contribution in [1.82, 2.24) is 4.98 Å². The average molecular weight is 435 g/mol. The molecule has 1 aromatic carbocycles. The van der Waals surface area contributed by atoms with Gasteiger partial charge in [-0.1, -0.05) is 40.0 Å². The third-order valence-electron chi connectivity index (χ3n) is 4.15. The van der Waals surface area contributed by atoms with Crippen molar-refractivity contribution in [3.8, 4) is 6.07 Å². The first-order valence-electron chi connectivity index (χ1n) is 7.43. The van der Waals surface area contributed by atoms with Gasteiger partial charge in [0.05, 0.1) is 27.2 Å². The van der Waals surface area contributed by atoms with Crippen molar-refractivity contribution < 1.29 is 18.0 Å². The quantitative estimate of drug-likeness (QED) is 0.561. The minimum Gasteiger partial charge on any atom is -0.374 e. The van der Waals surface area contributed by atoms with Crippen LogP contribution in [0.3, 0.4) is 0 Å². The molecule has 0 amide bonds. The topological polar surface area (TPSA) is 58.3 Å². The normalized spacial score (nSPS) is 19.4. The molecule has 3 rings (SSSR count). The predicted octanol–water partition coefficient (Wildman–Crippen LogP) is 5.80. The number of aromatic nitrogens is 1. The number of hydrogen-bond acceptors (Lipinski definition) is 4. The van der Waals surface area contributed by atoms with Gasteiger partial charge in [-0.25, -0.2) is 4.98 Å². The van der Waals surface area contributed by atoms with Gasteiger partial charge >= 0.3 is 6.18 Å². The molecule has 1 aliphatic rings. The minimum atomic E-state index is -4.81. The first-order valence-corrected chi connectivity index (χ1v) is 8.56. The van der Waals surface area contributed by atoms with Crippen molar-refractivity contribution in [3.63, 3.8) is 0 Å². The van der Waals surface area contributed by atoms with Crippen LogP contribution in [0.5, 0.6) is 0 Å².